The maximum Gasteiger partial charge on any atom is 0.341 e. The Labute approximate surface area is 96.5 Å². The van der Waals surface area contributed by atoms with Crippen molar-refractivity contribution in [2.75, 3.05) is 0 Å². The lowest BCUT2D eigenvalue weighted by atomic mass is 10.0. The summed E-state index contributed by atoms with van der Waals surface area (Å²) in [5.41, 5.74) is 0.601. The minimum Gasteiger partial charge on any atom is -0.477 e. The summed E-state index contributed by atoms with van der Waals surface area (Å²) < 4.78 is 5.12. The summed E-state index contributed by atoms with van der Waals surface area (Å²) in [7, 11) is 0. The van der Waals surface area contributed by atoms with Crippen LogP contribution in [0.4, 0.5) is 0 Å². The second kappa shape index (κ2) is 4.09. The highest BCUT2D eigenvalue weighted by molar-refractivity contribution is 7.13. The minimum absolute atomic E-state index is 0.00677. The van der Waals surface area contributed by atoms with Gasteiger partial charge in [0.1, 0.15) is 11.3 Å². The summed E-state index contributed by atoms with van der Waals surface area (Å²) in [6, 6.07) is 3.69. The molecule has 1 N–H and O–H groups in total. The van der Waals surface area contributed by atoms with E-state index in [-0.39, 0.29) is 11.5 Å². The number of carbonyl (C=O) groups is 1. The van der Waals surface area contributed by atoms with Crippen LogP contribution < -0.4 is 0 Å². The zero-order valence-corrected chi connectivity index (χ0v) is 9.75. The number of nitrogens with zero attached hydrogens (tertiary/aromatic N) is 1. The van der Waals surface area contributed by atoms with Crippen LogP contribution >= 0.6 is 11.3 Å². The third kappa shape index (κ3) is 1.74. The van der Waals surface area contributed by atoms with Crippen molar-refractivity contribution in [3.8, 4) is 10.6 Å². The first kappa shape index (κ1) is 10.9. The van der Waals surface area contributed by atoms with Gasteiger partial charge >= 0.3 is 5.97 Å². The van der Waals surface area contributed by atoms with Gasteiger partial charge in [0, 0.05) is 5.92 Å². The molecule has 0 atom stereocenters. The van der Waals surface area contributed by atoms with Gasteiger partial charge in [-0.2, -0.15) is 0 Å². The Morgan fingerprint density at radius 1 is 1.56 bits per heavy atom. The maximum atomic E-state index is 11.2. The van der Waals surface area contributed by atoms with E-state index in [9.17, 15) is 9.90 Å². The van der Waals surface area contributed by atoms with Gasteiger partial charge in [-0.1, -0.05) is 25.1 Å². The van der Waals surface area contributed by atoms with E-state index in [0.717, 1.165) is 4.88 Å². The molecule has 0 bridgehead atoms. The average Bonchev–Trinajstić information content (AvgIpc) is 2.85. The molecule has 0 aliphatic heterocycles. The second-order valence-corrected chi connectivity index (χ2v) is 4.66. The summed E-state index contributed by atoms with van der Waals surface area (Å²) in [6.45, 7) is 3.76. The number of hydrogen-bond acceptors (Lipinski definition) is 4. The standard InChI is InChI=1S/C11H11NO3S/c1-6(2)10-8(11(13)14)9(12-15-10)7-4-3-5-16-7/h3-6H,1-2H3,(H,13,14). The van der Waals surface area contributed by atoms with Crippen molar-refractivity contribution in [1.29, 1.82) is 0 Å². The third-order valence-corrected chi connectivity index (χ3v) is 3.09. The number of carboxylic acid groups (broad SMARTS) is 1. The molecule has 0 amide bonds. The molecule has 4 nitrogen and oxygen atoms in total. The SMILES string of the molecule is CC(C)c1onc(-c2cccs2)c1C(=O)O. The molecule has 0 saturated carbocycles. The Bertz CT molecular complexity index is 499. The highest BCUT2D eigenvalue weighted by Gasteiger charge is 2.25. The molecule has 0 aliphatic carbocycles. The predicted molar refractivity (Wildman–Crippen MR) is 60.9 cm³/mol. The molecule has 2 aromatic rings. The fourth-order valence-electron chi connectivity index (χ4n) is 1.49. The lowest BCUT2D eigenvalue weighted by Gasteiger charge is -2.00. The highest BCUT2D eigenvalue weighted by Crippen LogP contribution is 2.32. The van der Waals surface area contributed by atoms with Gasteiger partial charge in [-0.15, -0.1) is 11.3 Å². The van der Waals surface area contributed by atoms with Crippen LogP contribution in [0.5, 0.6) is 0 Å². The Kier molecular flexibility index (Phi) is 2.78. The fourth-order valence-corrected chi connectivity index (χ4v) is 2.20. The van der Waals surface area contributed by atoms with Crippen LogP contribution in [0.1, 0.15) is 35.9 Å². The quantitative estimate of drug-likeness (QED) is 0.890. The smallest absolute Gasteiger partial charge is 0.341 e. The topological polar surface area (TPSA) is 63.3 Å². The van der Waals surface area contributed by atoms with E-state index in [1.165, 1.54) is 11.3 Å². The maximum absolute atomic E-state index is 11.2. The lowest BCUT2D eigenvalue weighted by molar-refractivity contribution is 0.0694. The molecular weight excluding hydrogens is 226 g/mol. The van der Waals surface area contributed by atoms with E-state index in [4.69, 9.17) is 4.52 Å². The van der Waals surface area contributed by atoms with Gasteiger partial charge in [0.2, 0.25) is 0 Å². The van der Waals surface area contributed by atoms with Crippen LogP contribution in [0.25, 0.3) is 10.6 Å². The van der Waals surface area contributed by atoms with Crippen LogP contribution in [0.2, 0.25) is 0 Å². The second-order valence-electron chi connectivity index (χ2n) is 3.71. The fraction of sp³-hybridized carbons (Fsp3) is 0.273. The van der Waals surface area contributed by atoms with E-state index < -0.39 is 5.97 Å². The molecule has 2 rings (SSSR count). The minimum atomic E-state index is -0.992. The molecular formula is C11H11NO3S. The lowest BCUT2D eigenvalue weighted by Crippen LogP contribution is -2.02. The molecule has 2 heterocycles. The molecule has 16 heavy (non-hydrogen) atoms. The van der Waals surface area contributed by atoms with Crippen LogP contribution in [0.15, 0.2) is 22.0 Å². The number of aromatic carboxylic acids is 1. The van der Waals surface area contributed by atoms with Crippen LogP contribution in [0, 0.1) is 0 Å². The van der Waals surface area contributed by atoms with Gasteiger partial charge in [-0.3, -0.25) is 0 Å². The monoisotopic (exact) mass is 237 g/mol. The number of thiophene rings is 1. The van der Waals surface area contributed by atoms with Crippen LogP contribution in [-0.4, -0.2) is 16.2 Å². The Morgan fingerprint density at radius 3 is 2.81 bits per heavy atom. The highest BCUT2D eigenvalue weighted by atomic mass is 32.1. The normalized spacial score (nSPS) is 10.9. The molecule has 0 aromatic carbocycles. The van der Waals surface area contributed by atoms with Gasteiger partial charge in [-0.05, 0) is 11.4 Å². The van der Waals surface area contributed by atoms with Crippen LogP contribution in [0.3, 0.4) is 0 Å². The molecule has 0 unspecified atom stereocenters. The van der Waals surface area contributed by atoms with Crippen molar-refractivity contribution in [3.05, 3.63) is 28.8 Å². The van der Waals surface area contributed by atoms with Gasteiger partial charge in [0.25, 0.3) is 0 Å². The average molecular weight is 237 g/mol. The Morgan fingerprint density at radius 2 is 2.31 bits per heavy atom. The Hall–Kier alpha value is -1.62. The zero-order valence-electron chi connectivity index (χ0n) is 8.93. The first-order valence-electron chi connectivity index (χ1n) is 4.88. The summed E-state index contributed by atoms with van der Waals surface area (Å²) >= 11 is 1.45. The van der Waals surface area contributed by atoms with Crippen molar-refractivity contribution >= 4 is 17.3 Å². The van der Waals surface area contributed by atoms with Gasteiger partial charge in [0.05, 0.1) is 4.88 Å². The third-order valence-electron chi connectivity index (χ3n) is 2.21. The van der Waals surface area contributed by atoms with Crippen molar-refractivity contribution < 1.29 is 14.4 Å². The van der Waals surface area contributed by atoms with E-state index in [1.807, 2.05) is 31.4 Å². The van der Waals surface area contributed by atoms with E-state index in [2.05, 4.69) is 5.16 Å². The zero-order chi connectivity index (χ0) is 11.7. The van der Waals surface area contributed by atoms with Crippen LogP contribution in [-0.2, 0) is 0 Å². The van der Waals surface area contributed by atoms with Crippen molar-refractivity contribution in [1.82, 2.24) is 5.16 Å². The largest absolute Gasteiger partial charge is 0.477 e. The van der Waals surface area contributed by atoms with Gasteiger partial charge < -0.3 is 9.63 Å². The molecule has 84 valence electrons. The molecule has 2 aromatic heterocycles. The molecule has 0 saturated heterocycles. The molecule has 0 fully saturated rings. The van der Waals surface area contributed by atoms with Crippen molar-refractivity contribution in [2.45, 2.75) is 19.8 Å². The van der Waals surface area contributed by atoms with Crippen molar-refractivity contribution in [3.63, 3.8) is 0 Å². The van der Waals surface area contributed by atoms with Crippen molar-refractivity contribution in [2.24, 2.45) is 0 Å². The summed E-state index contributed by atoms with van der Waals surface area (Å²) in [5.74, 6) is -0.559. The number of carboxylic acids is 1. The summed E-state index contributed by atoms with van der Waals surface area (Å²) in [4.78, 5) is 12.0. The Balaban J connectivity index is 2.59. The van der Waals surface area contributed by atoms with E-state index in [0.29, 0.717) is 11.5 Å². The molecule has 0 aliphatic rings. The molecule has 0 radical (unpaired) electrons. The summed E-state index contributed by atoms with van der Waals surface area (Å²) in [5, 5.41) is 14.9. The first-order chi connectivity index (χ1) is 7.61. The predicted octanol–water partition coefficient (Wildman–Crippen LogP) is 3.22. The summed E-state index contributed by atoms with van der Waals surface area (Å²) in [6.07, 6.45) is 0. The number of rotatable bonds is 3. The number of aromatic nitrogens is 1. The van der Waals surface area contributed by atoms with E-state index in [1.54, 1.807) is 0 Å². The number of hydrogen-bond donors (Lipinski definition) is 1. The molecule has 0 spiro atoms. The first-order valence-corrected chi connectivity index (χ1v) is 5.76. The van der Waals surface area contributed by atoms with Gasteiger partial charge in [-0.25, -0.2) is 4.79 Å². The molecule has 5 heteroatoms. The van der Waals surface area contributed by atoms with Gasteiger partial charge in [0.15, 0.2) is 5.76 Å². The van der Waals surface area contributed by atoms with E-state index >= 15 is 0 Å².